The molecule has 29 heavy (non-hydrogen) atoms. The van der Waals surface area contributed by atoms with Gasteiger partial charge in [-0.2, -0.15) is 5.10 Å². The van der Waals surface area contributed by atoms with Crippen LogP contribution in [0.15, 0.2) is 59.7 Å². The van der Waals surface area contributed by atoms with Crippen molar-refractivity contribution in [1.82, 2.24) is 5.43 Å². The largest absolute Gasteiger partial charge is 0.484 e. The maximum Gasteiger partial charge on any atom is 0.338 e. The maximum absolute atomic E-state index is 12.1. The molecule has 0 aliphatic rings. The average Bonchev–Trinajstić information content (AvgIpc) is 2.77. The van der Waals surface area contributed by atoms with Gasteiger partial charge in [0.2, 0.25) is 0 Å². The van der Waals surface area contributed by atoms with Crippen LogP contribution in [-0.4, -0.2) is 30.8 Å². The highest BCUT2D eigenvalue weighted by Gasteiger charge is 2.08. The van der Waals surface area contributed by atoms with Gasteiger partial charge in [-0.25, -0.2) is 10.2 Å². The quantitative estimate of drug-likeness (QED) is 0.348. The van der Waals surface area contributed by atoms with E-state index >= 15 is 0 Å². The first-order valence-corrected chi connectivity index (χ1v) is 9.94. The summed E-state index contributed by atoms with van der Waals surface area (Å²) in [5.41, 5.74) is 4.85. The summed E-state index contributed by atoms with van der Waals surface area (Å²) in [5.74, 6) is -0.224. The normalized spacial score (nSPS) is 11.0. The van der Waals surface area contributed by atoms with Crippen molar-refractivity contribution >= 4 is 17.6 Å². The Morgan fingerprint density at radius 1 is 0.931 bits per heavy atom. The van der Waals surface area contributed by atoms with Gasteiger partial charge >= 0.3 is 5.97 Å². The molecule has 1 N–H and O–H groups in total. The molecule has 0 aliphatic heterocycles. The topological polar surface area (TPSA) is 77.0 Å². The lowest BCUT2D eigenvalue weighted by Crippen LogP contribution is -2.26. The second kappa shape index (κ2) is 12.3. The van der Waals surface area contributed by atoms with Crippen LogP contribution in [-0.2, 0) is 9.53 Å². The van der Waals surface area contributed by atoms with Crippen LogP contribution in [0.25, 0.3) is 0 Å². The van der Waals surface area contributed by atoms with Gasteiger partial charge in [0.25, 0.3) is 5.91 Å². The maximum atomic E-state index is 12.1. The van der Waals surface area contributed by atoms with Crippen LogP contribution in [0, 0.1) is 0 Å². The summed E-state index contributed by atoms with van der Waals surface area (Å²) in [6.45, 7) is 4.27. The lowest BCUT2D eigenvalue weighted by molar-refractivity contribution is -0.123. The highest BCUT2D eigenvalue weighted by atomic mass is 16.5. The molecule has 0 spiro atoms. The lowest BCUT2D eigenvalue weighted by Gasteiger charge is -2.09. The molecule has 0 radical (unpaired) electrons. The molecule has 2 aromatic rings. The number of unbranched alkanes of at least 4 members (excludes halogenated alkanes) is 1. The molecule has 0 fully saturated rings. The van der Waals surface area contributed by atoms with E-state index in [0.717, 1.165) is 37.0 Å². The zero-order valence-electron chi connectivity index (χ0n) is 17.0. The van der Waals surface area contributed by atoms with Crippen LogP contribution in [0.4, 0.5) is 0 Å². The van der Waals surface area contributed by atoms with Gasteiger partial charge in [-0.3, -0.25) is 4.79 Å². The zero-order valence-corrected chi connectivity index (χ0v) is 17.0. The number of amides is 1. The molecule has 0 bridgehead atoms. The molecule has 0 unspecified atom stereocenters. The Morgan fingerprint density at radius 3 is 2.31 bits per heavy atom. The van der Waals surface area contributed by atoms with E-state index in [-0.39, 0.29) is 18.5 Å². The fraction of sp³-hybridized carbons (Fsp3) is 0.348. The Labute approximate surface area is 171 Å². The van der Waals surface area contributed by atoms with Gasteiger partial charge < -0.3 is 9.47 Å². The van der Waals surface area contributed by atoms with Gasteiger partial charge in [0.15, 0.2) is 6.61 Å². The smallest absolute Gasteiger partial charge is 0.338 e. The fourth-order valence-electron chi connectivity index (χ4n) is 2.52. The van der Waals surface area contributed by atoms with Crippen LogP contribution in [0.5, 0.6) is 5.75 Å². The molecule has 2 rings (SSSR count). The lowest BCUT2D eigenvalue weighted by atomic mass is 10.1. The molecular weight excluding hydrogens is 368 g/mol. The van der Waals surface area contributed by atoms with Crippen LogP contribution < -0.4 is 10.2 Å². The molecule has 0 saturated carbocycles. The Balaban J connectivity index is 1.88. The molecule has 6 nitrogen and oxygen atoms in total. The monoisotopic (exact) mass is 396 g/mol. The van der Waals surface area contributed by atoms with Crippen molar-refractivity contribution in [3.05, 3.63) is 65.7 Å². The molecule has 0 aliphatic carbocycles. The summed E-state index contributed by atoms with van der Waals surface area (Å²) in [6, 6.07) is 16.3. The molecule has 1 amide bonds. The van der Waals surface area contributed by atoms with Crippen molar-refractivity contribution in [2.45, 2.75) is 39.5 Å². The van der Waals surface area contributed by atoms with Crippen molar-refractivity contribution in [2.24, 2.45) is 5.10 Å². The number of rotatable bonds is 11. The third-order valence-corrected chi connectivity index (χ3v) is 4.09. The number of ether oxygens (including phenoxy) is 2. The minimum atomic E-state index is -0.369. The van der Waals surface area contributed by atoms with E-state index in [2.05, 4.69) is 17.5 Å². The second-order valence-electron chi connectivity index (χ2n) is 6.51. The predicted octanol–water partition coefficient (Wildman–Crippen LogP) is 4.34. The van der Waals surface area contributed by atoms with Crippen molar-refractivity contribution in [2.75, 3.05) is 13.2 Å². The number of hydrazone groups is 1. The van der Waals surface area contributed by atoms with Crippen molar-refractivity contribution in [3.63, 3.8) is 0 Å². The first-order valence-electron chi connectivity index (χ1n) is 9.94. The molecule has 6 heteroatoms. The highest BCUT2D eigenvalue weighted by Crippen LogP contribution is 2.13. The Bertz CT molecular complexity index is 801. The standard InChI is InChI=1S/C23H28N2O4/c1-3-5-11-21(18-9-7-6-8-10-18)24-25-22(26)17-29-20-14-12-19(13-15-20)23(27)28-16-4-2/h6-10,12-15H,3-5,11,16-17H2,1-2H3,(H,25,26). The number of nitrogens with zero attached hydrogens (tertiary/aromatic N) is 1. The van der Waals surface area contributed by atoms with E-state index in [1.54, 1.807) is 24.3 Å². The predicted molar refractivity (Wildman–Crippen MR) is 113 cm³/mol. The first-order chi connectivity index (χ1) is 14.1. The van der Waals surface area contributed by atoms with Gasteiger partial charge in [-0.1, -0.05) is 50.6 Å². The fourth-order valence-corrected chi connectivity index (χ4v) is 2.52. The summed E-state index contributed by atoms with van der Waals surface area (Å²) < 4.78 is 10.5. The van der Waals surface area contributed by atoms with Crippen molar-refractivity contribution in [1.29, 1.82) is 0 Å². The first kappa shape index (κ1) is 22.1. The summed E-state index contributed by atoms with van der Waals surface area (Å²) in [6.07, 6.45) is 3.60. The van der Waals surface area contributed by atoms with E-state index in [4.69, 9.17) is 9.47 Å². The Morgan fingerprint density at radius 2 is 1.66 bits per heavy atom. The molecular formula is C23H28N2O4. The number of benzene rings is 2. The van der Waals surface area contributed by atoms with Gasteiger partial charge in [-0.15, -0.1) is 0 Å². The third kappa shape index (κ3) is 7.78. The molecule has 2 aromatic carbocycles. The number of hydrogen-bond donors (Lipinski definition) is 1. The minimum Gasteiger partial charge on any atom is -0.484 e. The summed E-state index contributed by atoms with van der Waals surface area (Å²) >= 11 is 0. The van der Waals surface area contributed by atoms with E-state index < -0.39 is 0 Å². The van der Waals surface area contributed by atoms with E-state index in [9.17, 15) is 9.59 Å². The molecule has 0 heterocycles. The summed E-state index contributed by atoms with van der Waals surface area (Å²) in [5, 5.41) is 4.29. The van der Waals surface area contributed by atoms with Crippen LogP contribution in [0.2, 0.25) is 0 Å². The van der Waals surface area contributed by atoms with Gasteiger partial charge in [-0.05, 0) is 49.1 Å². The summed E-state index contributed by atoms with van der Waals surface area (Å²) in [4.78, 5) is 23.9. The highest BCUT2D eigenvalue weighted by molar-refractivity contribution is 6.01. The SMILES string of the molecule is CCCCC(=NNC(=O)COc1ccc(C(=O)OCCC)cc1)c1ccccc1. The molecule has 154 valence electrons. The third-order valence-electron chi connectivity index (χ3n) is 4.09. The van der Waals surface area contributed by atoms with E-state index in [0.29, 0.717) is 17.9 Å². The molecule has 0 atom stereocenters. The number of carbonyl (C=O) groups is 2. The molecule has 0 saturated heterocycles. The van der Waals surface area contributed by atoms with Crippen LogP contribution in [0.1, 0.15) is 55.5 Å². The minimum absolute atomic E-state index is 0.168. The van der Waals surface area contributed by atoms with Crippen molar-refractivity contribution in [3.8, 4) is 5.75 Å². The van der Waals surface area contributed by atoms with Gasteiger partial charge in [0.05, 0.1) is 17.9 Å². The number of hydrogen-bond acceptors (Lipinski definition) is 5. The van der Waals surface area contributed by atoms with Gasteiger partial charge in [0, 0.05) is 0 Å². The Hall–Kier alpha value is -3.15. The van der Waals surface area contributed by atoms with E-state index in [1.165, 1.54) is 0 Å². The number of nitrogens with one attached hydrogen (secondary N) is 1. The van der Waals surface area contributed by atoms with Crippen LogP contribution in [0.3, 0.4) is 0 Å². The number of esters is 1. The van der Waals surface area contributed by atoms with E-state index in [1.807, 2.05) is 37.3 Å². The average molecular weight is 396 g/mol. The second-order valence-corrected chi connectivity index (χ2v) is 6.51. The molecule has 0 aromatic heterocycles. The Kier molecular flexibility index (Phi) is 9.42. The summed E-state index contributed by atoms with van der Waals surface area (Å²) in [7, 11) is 0. The van der Waals surface area contributed by atoms with Gasteiger partial charge in [0.1, 0.15) is 5.75 Å². The zero-order chi connectivity index (χ0) is 20.9. The van der Waals surface area contributed by atoms with Crippen molar-refractivity contribution < 1.29 is 19.1 Å². The number of carbonyl (C=O) groups excluding carboxylic acids is 2. The van der Waals surface area contributed by atoms with Crippen LogP contribution >= 0.6 is 0 Å².